The van der Waals surface area contributed by atoms with Crippen molar-refractivity contribution in [3.8, 4) is 23.0 Å². The van der Waals surface area contributed by atoms with E-state index >= 15 is 0 Å². The van der Waals surface area contributed by atoms with Gasteiger partial charge in [-0.25, -0.2) is 20.1 Å². The van der Waals surface area contributed by atoms with Crippen LogP contribution in [0.15, 0.2) is 78.0 Å². The third kappa shape index (κ3) is 6.44. The molecule has 0 atom stereocenters. The number of benzene rings is 2. The molecule has 0 spiro atoms. The van der Waals surface area contributed by atoms with E-state index in [0.29, 0.717) is 47.7 Å². The number of aromatic nitrogens is 6. The van der Waals surface area contributed by atoms with E-state index in [1.54, 1.807) is 23.1 Å². The summed E-state index contributed by atoms with van der Waals surface area (Å²) in [6.45, 7) is 3.06. The van der Waals surface area contributed by atoms with E-state index in [1.807, 2.05) is 55.5 Å². The van der Waals surface area contributed by atoms with Crippen LogP contribution < -0.4 is 20.5 Å². The van der Waals surface area contributed by atoms with Crippen molar-refractivity contribution in [1.29, 1.82) is 0 Å². The fourth-order valence-electron chi connectivity index (χ4n) is 4.37. The molecule has 0 saturated heterocycles. The topological polar surface area (TPSA) is 179 Å². The number of ether oxygens (including phenoxy) is 1. The monoisotopic (exact) mass is 600 g/mol. The van der Waals surface area contributed by atoms with Crippen LogP contribution in [0.2, 0.25) is 0 Å². The number of anilines is 2. The molecule has 0 saturated carbocycles. The third-order valence-corrected chi connectivity index (χ3v) is 7.78. The highest BCUT2D eigenvalue weighted by Gasteiger charge is 2.13. The highest BCUT2D eigenvalue weighted by atomic mass is 32.2. The molecule has 4 aromatic heterocycles. The molecule has 0 bridgehead atoms. The Kier molecular flexibility index (Phi) is 7.69. The lowest BCUT2D eigenvalue weighted by Gasteiger charge is -2.13. The van der Waals surface area contributed by atoms with Crippen LogP contribution in [0.3, 0.4) is 0 Å². The summed E-state index contributed by atoms with van der Waals surface area (Å²) < 4.78 is 37.5. The van der Waals surface area contributed by atoms with Gasteiger partial charge in [0.2, 0.25) is 5.88 Å². The first-order valence-electron chi connectivity index (χ1n) is 13.2. The molecule has 43 heavy (non-hydrogen) atoms. The number of likely N-dealkylation sites (N-methyl/N-ethyl adjacent to an activating group) is 1. The van der Waals surface area contributed by atoms with Crippen molar-refractivity contribution in [1.82, 2.24) is 39.2 Å². The molecule has 2 aromatic carbocycles. The van der Waals surface area contributed by atoms with Gasteiger partial charge in [0.15, 0.2) is 5.65 Å². The Labute approximate surface area is 246 Å². The molecule has 4 N–H and O–H groups in total. The normalized spacial score (nSPS) is 11.9. The number of rotatable bonds is 11. The van der Waals surface area contributed by atoms with E-state index in [4.69, 9.17) is 14.3 Å². The van der Waals surface area contributed by atoms with Crippen molar-refractivity contribution in [2.45, 2.75) is 13.5 Å². The fraction of sp³-hybridized carbons (Fsp3) is 0.179. The second kappa shape index (κ2) is 11.7. The summed E-state index contributed by atoms with van der Waals surface area (Å²) in [7, 11) is -2.27. The minimum atomic E-state index is -3.70. The largest absolute Gasteiger partial charge is 0.460 e. The second-order valence-corrected chi connectivity index (χ2v) is 11.4. The quantitative estimate of drug-likeness (QED) is 0.186. The molecule has 6 rings (SSSR count). The van der Waals surface area contributed by atoms with Gasteiger partial charge in [0.1, 0.15) is 42.1 Å². The Balaban J connectivity index is 1.15. The van der Waals surface area contributed by atoms with Gasteiger partial charge in [0, 0.05) is 42.8 Å². The average Bonchev–Trinajstić information content (AvgIpc) is 3.66. The predicted molar refractivity (Wildman–Crippen MR) is 160 cm³/mol. The van der Waals surface area contributed by atoms with Crippen molar-refractivity contribution in [3.05, 3.63) is 84.9 Å². The Hall–Kier alpha value is -4.96. The molecule has 0 aliphatic carbocycles. The first kappa shape index (κ1) is 28.2. The van der Waals surface area contributed by atoms with E-state index in [-0.39, 0.29) is 6.54 Å². The summed E-state index contributed by atoms with van der Waals surface area (Å²) >= 11 is 0. The van der Waals surface area contributed by atoms with Gasteiger partial charge >= 0.3 is 0 Å². The molecule has 0 radical (unpaired) electrons. The molecule has 15 heteroatoms. The number of hydrogen-bond acceptors (Lipinski definition) is 11. The Morgan fingerprint density at radius 2 is 1.93 bits per heavy atom. The number of fused-ring (bicyclic) bond motifs is 2. The maximum Gasteiger partial charge on any atom is 0.276 e. The van der Waals surface area contributed by atoms with Gasteiger partial charge in [-0.15, -0.1) is 10.2 Å². The number of furan rings is 1. The summed E-state index contributed by atoms with van der Waals surface area (Å²) in [6, 6.07) is 17.1. The minimum Gasteiger partial charge on any atom is -0.460 e. The van der Waals surface area contributed by atoms with Crippen LogP contribution in [-0.2, 0) is 16.8 Å². The molecule has 0 unspecified atom stereocenters. The molecule has 0 fully saturated rings. The van der Waals surface area contributed by atoms with Crippen LogP contribution in [-0.4, -0.2) is 62.4 Å². The standard InChI is InChI=1S/C28H28N10O4S/c1-18-11-20(4-7-24(18)42-27-13-26-36-34-17-38(26)16-33-27)35-28-22-12-19(3-6-23(22)31-15-32-28)25-8-5-21(41-25)14-30-9-10-37(2)43(29,39)40/h3-8,11-13,15-17,30H,9-10,14H2,1-2H3,(H2,29,39,40)(H,31,32,35). The average molecular weight is 601 g/mol. The molecule has 0 aliphatic heterocycles. The number of nitrogens with one attached hydrogen (secondary N) is 2. The van der Waals surface area contributed by atoms with Crippen LogP contribution in [0, 0.1) is 6.92 Å². The van der Waals surface area contributed by atoms with Gasteiger partial charge in [0.25, 0.3) is 10.2 Å². The highest BCUT2D eigenvalue weighted by molar-refractivity contribution is 7.86. The first-order chi connectivity index (χ1) is 20.7. The zero-order valence-electron chi connectivity index (χ0n) is 23.3. The number of nitrogens with two attached hydrogens (primary N) is 1. The predicted octanol–water partition coefficient (Wildman–Crippen LogP) is 3.40. The van der Waals surface area contributed by atoms with E-state index in [1.165, 1.54) is 13.4 Å². The van der Waals surface area contributed by atoms with Crippen LogP contribution in [0.1, 0.15) is 11.3 Å². The lowest BCUT2D eigenvalue weighted by molar-refractivity contribution is 0.444. The SMILES string of the molecule is Cc1cc(Nc2ncnc3ccc(-c4ccc(CNCCN(C)S(N)(=O)=O)o4)cc23)ccc1Oc1cc2nncn2cn1. The van der Waals surface area contributed by atoms with Crippen molar-refractivity contribution in [2.24, 2.45) is 5.14 Å². The zero-order chi connectivity index (χ0) is 30.0. The van der Waals surface area contributed by atoms with Crippen LogP contribution in [0.25, 0.3) is 27.9 Å². The molecule has 4 heterocycles. The lowest BCUT2D eigenvalue weighted by Crippen LogP contribution is -2.37. The van der Waals surface area contributed by atoms with Crippen LogP contribution >= 0.6 is 0 Å². The molecule has 14 nitrogen and oxygen atoms in total. The second-order valence-electron chi connectivity index (χ2n) is 9.79. The molecular formula is C28H28N10O4S. The molecule has 6 aromatic rings. The first-order valence-corrected chi connectivity index (χ1v) is 14.7. The fourth-order valence-corrected chi connectivity index (χ4v) is 4.72. The molecular weight excluding hydrogens is 572 g/mol. The van der Waals surface area contributed by atoms with Crippen molar-refractivity contribution >= 4 is 38.3 Å². The van der Waals surface area contributed by atoms with Gasteiger partial charge in [-0.3, -0.25) is 4.40 Å². The van der Waals surface area contributed by atoms with Gasteiger partial charge in [-0.1, -0.05) is 0 Å². The van der Waals surface area contributed by atoms with Crippen LogP contribution in [0.4, 0.5) is 11.5 Å². The third-order valence-electron chi connectivity index (χ3n) is 6.73. The molecule has 0 amide bonds. The van der Waals surface area contributed by atoms with Crippen molar-refractivity contribution in [3.63, 3.8) is 0 Å². The van der Waals surface area contributed by atoms with E-state index in [2.05, 4.69) is 35.8 Å². The Morgan fingerprint density at radius 1 is 1.05 bits per heavy atom. The summed E-state index contributed by atoms with van der Waals surface area (Å²) in [6.07, 6.45) is 4.70. The van der Waals surface area contributed by atoms with E-state index < -0.39 is 10.2 Å². The molecule has 220 valence electrons. The minimum absolute atomic E-state index is 0.250. The number of nitrogens with zero attached hydrogens (tertiary/aromatic N) is 7. The van der Waals surface area contributed by atoms with Gasteiger partial charge in [-0.05, 0) is 61.0 Å². The maximum atomic E-state index is 11.3. The van der Waals surface area contributed by atoms with Crippen LogP contribution in [0.5, 0.6) is 11.6 Å². The Morgan fingerprint density at radius 3 is 2.77 bits per heavy atom. The van der Waals surface area contributed by atoms with Gasteiger partial charge in [0.05, 0.1) is 12.1 Å². The van der Waals surface area contributed by atoms with Crippen molar-refractivity contribution < 1.29 is 17.6 Å². The number of aryl methyl sites for hydroxylation is 1. The van der Waals surface area contributed by atoms with Gasteiger partial charge in [-0.2, -0.15) is 12.7 Å². The summed E-state index contributed by atoms with van der Waals surface area (Å²) in [5.74, 6) is 3.13. The maximum absolute atomic E-state index is 11.3. The highest BCUT2D eigenvalue weighted by Crippen LogP contribution is 2.32. The summed E-state index contributed by atoms with van der Waals surface area (Å²) in [5.41, 5.74) is 4.02. The molecule has 0 aliphatic rings. The smallest absolute Gasteiger partial charge is 0.276 e. The van der Waals surface area contributed by atoms with E-state index in [9.17, 15) is 8.42 Å². The van der Waals surface area contributed by atoms with Gasteiger partial charge < -0.3 is 19.8 Å². The zero-order valence-corrected chi connectivity index (χ0v) is 24.1. The van der Waals surface area contributed by atoms with E-state index in [0.717, 1.165) is 32.0 Å². The summed E-state index contributed by atoms with van der Waals surface area (Å²) in [4.78, 5) is 13.2. The lowest BCUT2D eigenvalue weighted by atomic mass is 10.1. The number of hydrogen-bond donors (Lipinski definition) is 3. The Bertz CT molecular complexity index is 2030. The summed E-state index contributed by atoms with van der Waals surface area (Å²) in [5, 5.41) is 20.4. The van der Waals surface area contributed by atoms with Crippen molar-refractivity contribution in [2.75, 3.05) is 25.5 Å².